The number of para-hydroxylation sites is 1. The van der Waals surface area contributed by atoms with Crippen molar-refractivity contribution in [3.63, 3.8) is 0 Å². The highest BCUT2D eigenvalue weighted by Crippen LogP contribution is 2.38. The first-order valence-electron chi connectivity index (χ1n) is 6.34. The van der Waals surface area contributed by atoms with Crippen LogP contribution in [0.5, 0.6) is 0 Å². The van der Waals surface area contributed by atoms with Gasteiger partial charge in [0.15, 0.2) is 0 Å². The highest BCUT2D eigenvalue weighted by molar-refractivity contribution is 5.76. The molecule has 3 nitrogen and oxygen atoms in total. The molecule has 0 bridgehead atoms. The molecule has 2 aromatic rings. The number of pyridine rings is 1. The van der Waals surface area contributed by atoms with Gasteiger partial charge in [-0.1, -0.05) is 18.2 Å². The molecule has 0 fully saturated rings. The summed E-state index contributed by atoms with van der Waals surface area (Å²) in [4.78, 5) is 6.40. The van der Waals surface area contributed by atoms with Crippen molar-refractivity contribution in [2.24, 2.45) is 0 Å². The highest BCUT2D eigenvalue weighted by Gasteiger charge is 2.25. The summed E-state index contributed by atoms with van der Waals surface area (Å²) in [5.41, 5.74) is 10.5. The van der Waals surface area contributed by atoms with Gasteiger partial charge in [-0.25, -0.2) is 0 Å². The molecule has 0 amide bonds. The predicted octanol–water partition coefficient (Wildman–Crippen LogP) is 3.14. The number of fused-ring (bicyclic) bond motifs is 1. The Morgan fingerprint density at radius 1 is 1.22 bits per heavy atom. The lowest BCUT2D eigenvalue weighted by atomic mass is 9.96. The molecule has 2 N–H and O–H groups in total. The Balaban J connectivity index is 2.14. The number of hydrogen-bond acceptors (Lipinski definition) is 3. The summed E-state index contributed by atoms with van der Waals surface area (Å²) in [6.45, 7) is 2.25. The average molecular weight is 239 g/mol. The van der Waals surface area contributed by atoms with Crippen molar-refractivity contribution in [1.82, 2.24) is 4.98 Å². The maximum atomic E-state index is 6.07. The topological polar surface area (TPSA) is 42.2 Å². The van der Waals surface area contributed by atoms with Gasteiger partial charge in [0.2, 0.25) is 0 Å². The van der Waals surface area contributed by atoms with Crippen LogP contribution in [0.2, 0.25) is 0 Å². The smallest absolute Gasteiger partial charge is 0.0741 e. The van der Waals surface area contributed by atoms with Crippen LogP contribution >= 0.6 is 0 Å². The van der Waals surface area contributed by atoms with Gasteiger partial charge >= 0.3 is 0 Å². The zero-order chi connectivity index (χ0) is 12.5. The first kappa shape index (κ1) is 11.1. The summed E-state index contributed by atoms with van der Waals surface area (Å²) in [6, 6.07) is 11.0. The molecule has 0 aliphatic carbocycles. The Labute approximate surface area is 107 Å². The maximum Gasteiger partial charge on any atom is 0.0741 e. The molecule has 18 heavy (non-hydrogen) atoms. The molecule has 3 rings (SSSR count). The third-order valence-corrected chi connectivity index (χ3v) is 3.61. The normalized spacial score (nSPS) is 18.5. The standard InChI is InChI=1S/C15H17N3/c1-11-6-7-12-4-2-3-5-14(12)18(11)15-8-9-17-10-13(15)16/h2-5,8-11H,6-7,16H2,1H3. The fourth-order valence-corrected chi connectivity index (χ4v) is 2.67. The fraction of sp³-hybridized carbons (Fsp3) is 0.267. The summed E-state index contributed by atoms with van der Waals surface area (Å²) in [5, 5.41) is 0. The number of nitrogen functional groups attached to an aromatic ring is 1. The van der Waals surface area contributed by atoms with Gasteiger partial charge in [0, 0.05) is 17.9 Å². The van der Waals surface area contributed by atoms with E-state index >= 15 is 0 Å². The van der Waals surface area contributed by atoms with Crippen molar-refractivity contribution in [2.75, 3.05) is 10.6 Å². The van der Waals surface area contributed by atoms with E-state index in [1.165, 1.54) is 11.3 Å². The zero-order valence-electron chi connectivity index (χ0n) is 10.5. The van der Waals surface area contributed by atoms with Crippen LogP contribution in [0, 0.1) is 0 Å². The molecule has 1 aromatic carbocycles. The van der Waals surface area contributed by atoms with E-state index in [2.05, 4.69) is 41.1 Å². The Morgan fingerprint density at radius 2 is 2.06 bits per heavy atom. The number of rotatable bonds is 1. The molecule has 2 heterocycles. The molecule has 1 aliphatic rings. The number of aromatic nitrogens is 1. The van der Waals surface area contributed by atoms with E-state index in [1.807, 2.05) is 6.07 Å². The summed E-state index contributed by atoms with van der Waals surface area (Å²) in [6.07, 6.45) is 5.81. The molecule has 92 valence electrons. The Bertz CT molecular complexity index is 565. The van der Waals surface area contributed by atoms with Crippen LogP contribution in [0.15, 0.2) is 42.7 Å². The summed E-state index contributed by atoms with van der Waals surface area (Å²) >= 11 is 0. The van der Waals surface area contributed by atoms with Crippen molar-refractivity contribution in [2.45, 2.75) is 25.8 Å². The van der Waals surface area contributed by atoms with Gasteiger partial charge in [-0.2, -0.15) is 0 Å². The lowest BCUT2D eigenvalue weighted by Crippen LogP contribution is -2.33. The largest absolute Gasteiger partial charge is 0.396 e. The van der Waals surface area contributed by atoms with E-state index in [0.29, 0.717) is 6.04 Å². The van der Waals surface area contributed by atoms with E-state index in [9.17, 15) is 0 Å². The van der Waals surface area contributed by atoms with E-state index in [4.69, 9.17) is 5.73 Å². The van der Waals surface area contributed by atoms with Crippen LogP contribution in [-0.2, 0) is 6.42 Å². The van der Waals surface area contributed by atoms with Crippen LogP contribution in [0.25, 0.3) is 0 Å². The number of aryl methyl sites for hydroxylation is 1. The van der Waals surface area contributed by atoms with E-state index in [1.54, 1.807) is 12.4 Å². The molecule has 1 aliphatic heterocycles. The van der Waals surface area contributed by atoms with Crippen LogP contribution < -0.4 is 10.6 Å². The molecule has 3 heteroatoms. The molecule has 1 aromatic heterocycles. The monoisotopic (exact) mass is 239 g/mol. The summed E-state index contributed by atoms with van der Waals surface area (Å²) < 4.78 is 0. The van der Waals surface area contributed by atoms with Crippen LogP contribution in [0.3, 0.4) is 0 Å². The van der Waals surface area contributed by atoms with Gasteiger partial charge in [-0.15, -0.1) is 0 Å². The van der Waals surface area contributed by atoms with Crippen LogP contribution in [0.1, 0.15) is 18.9 Å². The van der Waals surface area contributed by atoms with Crippen molar-refractivity contribution in [3.8, 4) is 0 Å². The molecule has 1 atom stereocenters. The molecule has 0 spiro atoms. The highest BCUT2D eigenvalue weighted by atomic mass is 15.2. The van der Waals surface area contributed by atoms with E-state index in [-0.39, 0.29) is 0 Å². The SMILES string of the molecule is CC1CCc2ccccc2N1c1ccncc1N. The summed E-state index contributed by atoms with van der Waals surface area (Å²) in [7, 11) is 0. The van der Waals surface area contributed by atoms with Gasteiger partial charge in [-0.3, -0.25) is 4.98 Å². The van der Waals surface area contributed by atoms with Crippen molar-refractivity contribution in [1.29, 1.82) is 0 Å². The second-order valence-corrected chi connectivity index (χ2v) is 4.82. The number of benzene rings is 1. The van der Waals surface area contributed by atoms with Crippen molar-refractivity contribution >= 4 is 17.1 Å². The third-order valence-electron chi connectivity index (χ3n) is 3.61. The minimum atomic E-state index is 0.463. The minimum Gasteiger partial charge on any atom is -0.396 e. The average Bonchev–Trinajstić information content (AvgIpc) is 2.40. The Hall–Kier alpha value is -2.03. The molecular weight excluding hydrogens is 222 g/mol. The van der Waals surface area contributed by atoms with E-state index < -0.39 is 0 Å². The second-order valence-electron chi connectivity index (χ2n) is 4.82. The van der Waals surface area contributed by atoms with Crippen molar-refractivity contribution < 1.29 is 0 Å². The number of hydrogen-bond donors (Lipinski definition) is 1. The molecular formula is C15H17N3. The lowest BCUT2D eigenvalue weighted by Gasteiger charge is -2.37. The summed E-state index contributed by atoms with van der Waals surface area (Å²) in [5.74, 6) is 0. The fourth-order valence-electron chi connectivity index (χ4n) is 2.67. The van der Waals surface area contributed by atoms with Crippen LogP contribution in [0.4, 0.5) is 17.1 Å². The molecule has 1 unspecified atom stereocenters. The quantitative estimate of drug-likeness (QED) is 0.831. The second kappa shape index (κ2) is 4.33. The Morgan fingerprint density at radius 3 is 2.89 bits per heavy atom. The van der Waals surface area contributed by atoms with Gasteiger partial charge < -0.3 is 10.6 Å². The number of nitrogens with zero attached hydrogens (tertiary/aromatic N) is 2. The molecule has 0 saturated heterocycles. The van der Waals surface area contributed by atoms with E-state index in [0.717, 1.165) is 24.2 Å². The van der Waals surface area contributed by atoms with Gasteiger partial charge in [0.1, 0.15) is 0 Å². The third kappa shape index (κ3) is 1.72. The zero-order valence-corrected chi connectivity index (χ0v) is 10.5. The maximum absolute atomic E-state index is 6.07. The first-order valence-corrected chi connectivity index (χ1v) is 6.34. The van der Waals surface area contributed by atoms with Gasteiger partial charge in [0.25, 0.3) is 0 Å². The van der Waals surface area contributed by atoms with Gasteiger partial charge in [-0.05, 0) is 37.5 Å². The lowest BCUT2D eigenvalue weighted by molar-refractivity contribution is 0.618. The number of anilines is 3. The van der Waals surface area contributed by atoms with Crippen molar-refractivity contribution in [3.05, 3.63) is 48.3 Å². The van der Waals surface area contributed by atoms with Gasteiger partial charge in [0.05, 0.1) is 17.6 Å². The Kier molecular flexibility index (Phi) is 2.67. The predicted molar refractivity (Wildman–Crippen MR) is 75.0 cm³/mol. The van der Waals surface area contributed by atoms with Crippen LogP contribution in [-0.4, -0.2) is 11.0 Å². The number of nitrogens with two attached hydrogens (primary N) is 1. The molecule has 0 radical (unpaired) electrons. The minimum absolute atomic E-state index is 0.463. The molecule has 0 saturated carbocycles. The first-order chi connectivity index (χ1) is 8.77.